The van der Waals surface area contributed by atoms with E-state index in [4.69, 9.17) is 15.9 Å². The summed E-state index contributed by atoms with van der Waals surface area (Å²) < 4.78 is 0. The number of carboxylic acid groups (broad SMARTS) is 1. The van der Waals surface area contributed by atoms with Gasteiger partial charge in [0.1, 0.15) is 11.3 Å². The molecule has 0 saturated carbocycles. The molecule has 6 heteroatoms. The number of phenolic OH excluding ortho intramolecular Hbond substituents is 1. The molecular formula is C13H18N2O4. The molecule has 0 unspecified atom stereocenters. The van der Waals surface area contributed by atoms with Crippen molar-refractivity contribution in [1.29, 1.82) is 0 Å². The maximum absolute atomic E-state index is 11.8. The highest BCUT2D eigenvalue weighted by atomic mass is 16.4. The van der Waals surface area contributed by atoms with Crippen molar-refractivity contribution < 1.29 is 19.8 Å². The molecule has 104 valence electrons. The second-order valence-electron chi connectivity index (χ2n) is 4.90. The number of nitrogens with one attached hydrogen (secondary N) is 1. The first-order valence-electron chi connectivity index (χ1n) is 5.81. The predicted molar refractivity (Wildman–Crippen MR) is 69.6 cm³/mol. The Morgan fingerprint density at radius 1 is 1.32 bits per heavy atom. The number of phenols is 1. The van der Waals surface area contributed by atoms with Gasteiger partial charge < -0.3 is 21.3 Å². The summed E-state index contributed by atoms with van der Waals surface area (Å²) >= 11 is 0. The number of aliphatic carboxylic acids is 1. The van der Waals surface area contributed by atoms with Crippen molar-refractivity contribution in [3.63, 3.8) is 0 Å². The van der Waals surface area contributed by atoms with Gasteiger partial charge in [-0.05, 0) is 38.0 Å². The zero-order valence-electron chi connectivity index (χ0n) is 10.9. The normalized spacial score (nSPS) is 12.8. The van der Waals surface area contributed by atoms with Gasteiger partial charge in [-0.1, -0.05) is 12.1 Å². The van der Waals surface area contributed by atoms with Crippen molar-refractivity contribution in [3.05, 3.63) is 29.8 Å². The molecule has 0 spiro atoms. The molecule has 19 heavy (non-hydrogen) atoms. The lowest BCUT2D eigenvalue weighted by Gasteiger charge is -2.23. The molecule has 0 aliphatic heterocycles. The molecule has 0 aliphatic carbocycles. The van der Waals surface area contributed by atoms with Crippen molar-refractivity contribution >= 4 is 11.9 Å². The summed E-state index contributed by atoms with van der Waals surface area (Å²) in [7, 11) is 0. The SMILES string of the molecule is CC(C)(NC(=O)[C@H](N)Cc1ccc(O)cc1)C(=O)O. The largest absolute Gasteiger partial charge is 0.508 e. The zero-order chi connectivity index (χ0) is 14.6. The maximum Gasteiger partial charge on any atom is 0.328 e. The van der Waals surface area contributed by atoms with Crippen LogP contribution in [0, 0.1) is 0 Å². The molecule has 1 aromatic rings. The highest BCUT2D eigenvalue weighted by Gasteiger charge is 2.30. The van der Waals surface area contributed by atoms with Gasteiger partial charge in [-0.25, -0.2) is 4.79 Å². The van der Waals surface area contributed by atoms with E-state index in [-0.39, 0.29) is 12.2 Å². The number of carbonyl (C=O) groups excluding carboxylic acids is 1. The van der Waals surface area contributed by atoms with Crippen LogP contribution in [0.3, 0.4) is 0 Å². The Morgan fingerprint density at radius 2 is 1.84 bits per heavy atom. The molecule has 1 atom stereocenters. The fraction of sp³-hybridized carbons (Fsp3) is 0.385. The van der Waals surface area contributed by atoms with Gasteiger partial charge in [-0.2, -0.15) is 0 Å². The molecule has 0 aromatic heterocycles. The van der Waals surface area contributed by atoms with Gasteiger partial charge in [0.2, 0.25) is 5.91 Å². The maximum atomic E-state index is 11.8. The third-order valence-corrected chi connectivity index (χ3v) is 2.70. The van der Waals surface area contributed by atoms with Gasteiger partial charge in [-0.3, -0.25) is 4.79 Å². The topological polar surface area (TPSA) is 113 Å². The standard InChI is InChI=1S/C13H18N2O4/c1-13(2,12(18)19)15-11(17)10(14)7-8-3-5-9(16)6-4-8/h3-6,10,16H,7,14H2,1-2H3,(H,15,17)(H,18,19)/t10-/m1/s1. The van der Waals surface area contributed by atoms with Crippen LogP contribution in [0.15, 0.2) is 24.3 Å². The summed E-state index contributed by atoms with van der Waals surface area (Å²) in [6.45, 7) is 2.78. The second-order valence-corrected chi connectivity index (χ2v) is 4.90. The monoisotopic (exact) mass is 266 g/mol. The predicted octanol–water partition coefficient (Wildman–Crippen LogP) is 0.241. The van der Waals surface area contributed by atoms with E-state index in [1.807, 2.05) is 0 Å². The number of aromatic hydroxyl groups is 1. The third kappa shape index (κ3) is 4.26. The van der Waals surface area contributed by atoms with Crippen LogP contribution >= 0.6 is 0 Å². The van der Waals surface area contributed by atoms with E-state index in [2.05, 4.69) is 5.32 Å². The summed E-state index contributed by atoms with van der Waals surface area (Å²) in [6.07, 6.45) is 0.266. The van der Waals surface area contributed by atoms with Crippen LogP contribution in [0.2, 0.25) is 0 Å². The Kier molecular flexibility index (Phi) is 4.50. The molecule has 0 saturated heterocycles. The number of rotatable bonds is 5. The van der Waals surface area contributed by atoms with Gasteiger partial charge >= 0.3 is 5.97 Å². The Hall–Kier alpha value is -2.08. The van der Waals surface area contributed by atoms with E-state index in [1.54, 1.807) is 12.1 Å². The number of carboxylic acids is 1. The Bertz CT molecular complexity index is 468. The van der Waals surface area contributed by atoms with Crippen molar-refractivity contribution in [2.45, 2.75) is 31.8 Å². The summed E-state index contributed by atoms with van der Waals surface area (Å²) in [5, 5.41) is 20.4. The molecule has 0 heterocycles. The Balaban J connectivity index is 2.63. The second kappa shape index (κ2) is 5.71. The van der Waals surface area contributed by atoms with Gasteiger partial charge in [0.05, 0.1) is 6.04 Å². The minimum absolute atomic E-state index is 0.133. The van der Waals surface area contributed by atoms with Crippen molar-refractivity contribution in [3.8, 4) is 5.75 Å². The van der Waals surface area contributed by atoms with Gasteiger partial charge in [0.15, 0.2) is 0 Å². The van der Waals surface area contributed by atoms with E-state index in [9.17, 15) is 9.59 Å². The van der Waals surface area contributed by atoms with Crippen molar-refractivity contribution in [1.82, 2.24) is 5.32 Å². The minimum Gasteiger partial charge on any atom is -0.508 e. The van der Waals surface area contributed by atoms with E-state index in [1.165, 1.54) is 26.0 Å². The van der Waals surface area contributed by atoms with Crippen molar-refractivity contribution in [2.24, 2.45) is 5.73 Å². The summed E-state index contributed by atoms with van der Waals surface area (Å²) in [4.78, 5) is 22.7. The van der Waals surface area contributed by atoms with Crippen LogP contribution in [-0.4, -0.2) is 33.7 Å². The smallest absolute Gasteiger partial charge is 0.328 e. The molecule has 1 aromatic carbocycles. The fourth-order valence-corrected chi connectivity index (χ4v) is 1.43. The van der Waals surface area contributed by atoms with Crippen LogP contribution in [0.5, 0.6) is 5.75 Å². The lowest BCUT2D eigenvalue weighted by atomic mass is 10.0. The van der Waals surface area contributed by atoms with Gasteiger partial charge in [-0.15, -0.1) is 0 Å². The highest BCUT2D eigenvalue weighted by molar-refractivity contribution is 5.89. The van der Waals surface area contributed by atoms with Crippen LogP contribution in [0.4, 0.5) is 0 Å². The Morgan fingerprint density at radius 3 is 2.32 bits per heavy atom. The van der Waals surface area contributed by atoms with E-state index in [0.29, 0.717) is 0 Å². The lowest BCUT2D eigenvalue weighted by molar-refractivity contribution is -0.146. The molecule has 1 rings (SSSR count). The molecular weight excluding hydrogens is 248 g/mol. The summed E-state index contributed by atoms with van der Waals surface area (Å²) in [5.74, 6) is -1.52. The molecule has 1 amide bonds. The zero-order valence-corrected chi connectivity index (χ0v) is 10.9. The molecule has 6 nitrogen and oxygen atoms in total. The molecule has 0 radical (unpaired) electrons. The summed E-state index contributed by atoms with van der Waals surface area (Å²) in [6, 6.07) is 5.47. The Labute approximate surface area is 111 Å². The van der Waals surface area contributed by atoms with Gasteiger partial charge in [0, 0.05) is 0 Å². The highest BCUT2D eigenvalue weighted by Crippen LogP contribution is 2.11. The summed E-state index contributed by atoms with van der Waals surface area (Å²) in [5.41, 5.74) is 5.16. The molecule has 0 bridgehead atoms. The average Bonchev–Trinajstić information content (AvgIpc) is 2.31. The van der Waals surface area contributed by atoms with Crippen molar-refractivity contribution in [2.75, 3.05) is 0 Å². The number of carbonyl (C=O) groups is 2. The molecule has 0 aliphatic rings. The number of benzene rings is 1. The lowest BCUT2D eigenvalue weighted by Crippen LogP contribution is -2.55. The van der Waals surface area contributed by atoms with E-state index < -0.39 is 23.5 Å². The quantitative estimate of drug-likeness (QED) is 0.610. The molecule has 5 N–H and O–H groups in total. The number of nitrogens with two attached hydrogens (primary N) is 1. The number of hydrogen-bond donors (Lipinski definition) is 4. The van der Waals surface area contributed by atoms with Crippen LogP contribution in [0.25, 0.3) is 0 Å². The number of amides is 1. The first-order chi connectivity index (χ1) is 8.72. The van der Waals surface area contributed by atoms with E-state index >= 15 is 0 Å². The van der Waals surface area contributed by atoms with Crippen LogP contribution in [-0.2, 0) is 16.0 Å². The van der Waals surface area contributed by atoms with Crippen LogP contribution < -0.4 is 11.1 Å². The third-order valence-electron chi connectivity index (χ3n) is 2.70. The van der Waals surface area contributed by atoms with E-state index in [0.717, 1.165) is 5.56 Å². The number of hydrogen-bond acceptors (Lipinski definition) is 4. The fourth-order valence-electron chi connectivity index (χ4n) is 1.43. The molecule has 0 fully saturated rings. The van der Waals surface area contributed by atoms with Gasteiger partial charge in [0.25, 0.3) is 0 Å². The first-order valence-corrected chi connectivity index (χ1v) is 5.81. The first kappa shape index (κ1) is 15.0. The van der Waals surface area contributed by atoms with Crippen LogP contribution in [0.1, 0.15) is 19.4 Å². The minimum atomic E-state index is -1.36. The average molecular weight is 266 g/mol.